The lowest BCUT2D eigenvalue weighted by Gasteiger charge is -2.35. The highest BCUT2D eigenvalue weighted by Gasteiger charge is 2.32. The largest absolute Gasteiger partial charge is 0.401 e. The molecule has 1 aliphatic rings. The Hall–Kier alpha value is -1.90. The molecule has 3 heterocycles. The molecule has 3 rings (SSSR count). The van der Waals surface area contributed by atoms with Crippen LogP contribution in [0, 0.1) is 0 Å². The van der Waals surface area contributed by atoms with Crippen LogP contribution >= 0.6 is 0 Å². The maximum atomic E-state index is 12.3. The number of hydrogen-bond donors (Lipinski definition) is 1. The van der Waals surface area contributed by atoms with Crippen LogP contribution in [0.4, 0.5) is 19.0 Å². The highest BCUT2D eigenvalue weighted by molar-refractivity contribution is 5.86. The summed E-state index contributed by atoms with van der Waals surface area (Å²) in [4.78, 5) is 11.6. The van der Waals surface area contributed by atoms with Crippen molar-refractivity contribution < 1.29 is 13.2 Å². The fourth-order valence-corrected chi connectivity index (χ4v) is 2.38. The molecule has 1 aliphatic heterocycles. The van der Waals surface area contributed by atoms with Gasteiger partial charge in [-0.3, -0.25) is 10.00 Å². The lowest BCUT2D eigenvalue weighted by Crippen LogP contribution is -2.49. The van der Waals surface area contributed by atoms with Crippen molar-refractivity contribution in [3.63, 3.8) is 0 Å². The second-order valence-electron chi connectivity index (χ2n) is 4.71. The van der Waals surface area contributed by atoms with E-state index in [-0.39, 0.29) is 0 Å². The zero-order valence-electron chi connectivity index (χ0n) is 10.6. The molecule has 20 heavy (non-hydrogen) atoms. The minimum absolute atomic E-state index is 0.364. The third-order valence-electron chi connectivity index (χ3n) is 3.30. The molecule has 0 saturated carbocycles. The normalized spacial score (nSPS) is 17.9. The molecule has 0 bridgehead atoms. The van der Waals surface area contributed by atoms with E-state index < -0.39 is 12.7 Å². The zero-order valence-corrected chi connectivity index (χ0v) is 10.6. The van der Waals surface area contributed by atoms with E-state index in [1.54, 1.807) is 6.20 Å². The number of nitrogens with zero attached hydrogens (tertiary/aromatic N) is 5. The van der Waals surface area contributed by atoms with Gasteiger partial charge in [0.25, 0.3) is 0 Å². The van der Waals surface area contributed by atoms with E-state index >= 15 is 0 Å². The van der Waals surface area contributed by atoms with Gasteiger partial charge in [-0.15, -0.1) is 0 Å². The topological polar surface area (TPSA) is 60.9 Å². The van der Waals surface area contributed by atoms with Crippen LogP contribution in [-0.4, -0.2) is 64.0 Å². The van der Waals surface area contributed by atoms with E-state index in [9.17, 15) is 13.2 Å². The average molecular weight is 286 g/mol. The molecule has 2 aromatic rings. The molecule has 9 heteroatoms. The van der Waals surface area contributed by atoms with Gasteiger partial charge in [0.15, 0.2) is 5.65 Å². The van der Waals surface area contributed by atoms with Crippen molar-refractivity contribution in [2.24, 2.45) is 0 Å². The van der Waals surface area contributed by atoms with Crippen LogP contribution < -0.4 is 4.90 Å². The molecule has 0 aliphatic carbocycles. The Morgan fingerprint density at radius 1 is 1.15 bits per heavy atom. The fraction of sp³-hybridized carbons (Fsp3) is 0.545. The van der Waals surface area contributed by atoms with E-state index in [2.05, 4.69) is 20.2 Å². The Kier molecular flexibility index (Phi) is 3.20. The maximum Gasteiger partial charge on any atom is 0.401 e. The fourth-order valence-electron chi connectivity index (χ4n) is 2.38. The van der Waals surface area contributed by atoms with Crippen molar-refractivity contribution in [3.8, 4) is 0 Å². The molecule has 0 aromatic carbocycles. The van der Waals surface area contributed by atoms with E-state index in [0.29, 0.717) is 31.8 Å². The van der Waals surface area contributed by atoms with Crippen molar-refractivity contribution in [2.45, 2.75) is 6.18 Å². The van der Waals surface area contributed by atoms with E-state index in [0.717, 1.165) is 11.2 Å². The number of H-pyrrole nitrogens is 1. The summed E-state index contributed by atoms with van der Waals surface area (Å²) in [7, 11) is 0. The van der Waals surface area contributed by atoms with Crippen LogP contribution in [0.3, 0.4) is 0 Å². The SMILES string of the molecule is FC(F)(F)CN1CCN(c2ncnc3[nH]ncc23)CC1. The highest BCUT2D eigenvalue weighted by atomic mass is 19.4. The molecule has 0 radical (unpaired) electrons. The average Bonchev–Trinajstić information content (AvgIpc) is 2.86. The van der Waals surface area contributed by atoms with Crippen LogP contribution in [0.5, 0.6) is 0 Å². The summed E-state index contributed by atoms with van der Waals surface area (Å²) in [6, 6.07) is 0. The van der Waals surface area contributed by atoms with Crippen molar-refractivity contribution in [1.29, 1.82) is 0 Å². The number of alkyl halides is 3. The minimum atomic E-state index is -4.14. The van der Waals surface area contributed by atoms with Crippen LogP contribution in [0.25, 0.3) is 11.0 Å². The smallest absolute Gasteiger partial charge is 0.353 e. The second-order valence-corrected chi connectivity index (χ2v) is 4.71. The molecular formula is C11H13F3N6. The van der Waals surface area contributed by atoms with Crippen molar-refractivity contribution in [2.75, 3.05) is 37.6 Å². The molecular weight excluding hydrogens is 273 g/mol. The van der Waals surface area contributed by atoms with E-state index in [1.807, 2.05) is 4.90 Å². The molecule has 1 fully saturated rings. The number of piperazine rings is 1. The monoisotopic (exact) mass is 286 g/mol. The first-order valence-electron chi connectivity index (χ1n) is 6.21. The predicted molar refractivity (Wildman–Crippen MR) is 66.4 cm³/mol. The van der Waals surface area contributed by atoms with Gasteiger partial charge in [-0.25, -0.2) is 9.97 Å². The Balaban J connectivity index is 1.71. The van der Waals surface area contributed by atoms with Crippen LogP contribution in [0.2, 0.25) is 0 Å². The van der Waals surface area contributed by atoms with Crippen LogP contribution in [-0.2, 0) is 0 Å². The number of aromatic nitrogens is 4. The minimum Gasteiger partial charge on any atom is -0.353 e. The Bertz CT molecular complexity index is 587. The third-order valence-corrected chi connectivity index (χ3v) is 3.30. The third kappa shape index (κ3) is 2.67. The number of halogens is 3. The van der Waals surface area contributed by atoms with Gasteiger partial charge in [-0.2, -0.15) is 18.3 Å². The number of rotatable bonds is 2. The maximum absolute atomic E-state index is 12.3. The summed E-state index contributed by atoms with van der Waals surface area (Å²) >= 11 is 0. The van der Waals surface area contributed by atoms with Gasteiger partial charge in [0.05, 0.1) is 18.1 Å². The van der Waals surface area contributed by atoms with Gasteiger partial charge in [0, 0.05) is 26.2 Å². The van der Waals surface area contributed by atoms with Gasteiger partial charge < -0.3 is 4.90 Å². The van der Waals surface area contributed by atoms with Crippen LogP contribution in [0.15, 0.2) is 12.5 Å². The van der Waals surface area contributed by atoms with Gasteiger partial charge in [0.2, 0.25) is 0 Å². The van der Waals surface area contributed by atoms with Crippen molar-refractivity contribution in [1.82, 2.24) is 25.1 Å². The van der Waals surface area contributed by atoms with Crippen molar-refractivity contribution in [3.05, 3.63) is 12.5 Å². The summed E-state index contributed by atoms with van der Waals surface area (Å²) in [6.07, 6.45) is -1.08. The predicted octanol–water partition coefficient (Wildman–Crippen LogP) is 1.04. The second kappa shape index (κ2) is 4.89. The van der Waals surface area contributed by atoms with Gasteiger partial charge in [0.1, 0.15) is 12.1 Å². The highest BCUT2D eigenvalue weighted by Crippen LogP contribution is 2.23. The zero-order chi connectivity index (χ0) is 14.2. The first-order chi connectivity index (χ1) is 9.53. The number of hydrogen-bond acceptors (Lipinski definition) is 5. The molecule has 0 unspecified atom stereocenters. The lowest BCUT2D eigenvalue weighted by molar-refractivity contribution is -0.146. The van der Waals surface area contributed by atoms with Gasteiger partial charge >= 0.3 is 6.18 Å². The number of nitrogens with one attached hydrogen (secondary N) is 1. The quantitative estimate of drug-likeness (QED) is 0.893. The summed E-state index contributed by atoms with van der Waals surface area (Å²) < 4.78 is 37.0. The lowest BCUT2D eigenvalue weighted by atomic mass is 10.3. The number of anilines is 1. The summed E-state index contributed by atoms with van der Waals surface area (Å²) in [6.45, 7) is 0.887. The standard InChI is InChI=1S/C11H13F3N6/c12-11(13,14)6-19-1-3-20(4-2-19)10-8-5-17-18-9(8)15-7-16-10/h5,7H,1-4,6H2,(H,15,16,17,18). The molecule has 1 saturated heterocycles. The Labute approximate surface area is 112 Å². The number of aromatic amines is 1. The molecule has 6 nitrogen and oxygen atoms in total. The van der Waals surface area contributed by atoms with Crippen LogP contribution in [0.1, 0.15) is 0 Å². The van der Waals surface area contributed by atoms with E-state index in [1.165, 1.54) is 11.2 Å². The number of fused-ring (bicyclic) bond motifs is 1. The Morgan fingerprint density at radius 3 is 2.60 bits per heavy atom. The Morgan fingerprint density at radius 2 is 1.90 bits per heavy atom. The first-order valence-corrected chi connectivity index (χ1v) is 6.21. The van der Waals surface area contributed by atoms with Gasteiger partial charge in [-0.1, -0.05) is 0 Å². The molecule has 108 valence electrons. The molecule has 0 amide bonds. The van der Waals surface area contributed by atoms with Crippen molar-refractivity contribution >= 4 is 16.9 Å². The molecule has 1 N–H and O–H groups in total. The van der Waals surface area contributed by atoms with Gasteiger partial charge in [-0.05, 0) is 0 Å². The summed E-state index contributed by atoms with van der Waals surface area (Å²) in [5, 5.41) is 7.45. The molecule has 2 aromatic heterocycles. The first kappa shape index (κ1) is 13.1. The summed E-state index contributed by atoms with van der Waals surface area (Å²) in [5.74, 6) is 0.718. The summed E-state index contributed by atoms with van der Waals surface area (Å²) in [5.41, 5.74) is 0.632. The van der Waals surface area contributed by atoms with E-state index in [4.69, 9.17) is 0 Å². The molecule has 0 spiro atoms. The molecule has 0 atom stereocenters.